The molecule has 23 heavy (non-hydrogen) atoms. The van der Waals surface area contributed by atoms with E-state index in [2.05, 4.69) is 35.4 Å². The molecule has 0 saturated carbocycles. The zero-order valence-electron chi connectivity index (χ0n) is 14.5. The molecule has 4 nitrogen and oxygen atoms in total. The third kappa shape index (κ3) is 6.13. The predicted molar refractivity (Wildman–Crippen MR) is 99.5 cm³/mol. The molecule has 1 aliphatic rings. The van der Waals surface area contributed by atoms with Crippen LogP contribution in [0.25, 0.3) is 0 Å². The summed E-state index contributed by atoms with van der Waals surface area (Å²) >= 11 is 0. The lowest BCUT2D eigenvalue weighted by molar-refractivity contribution is -0.117. The van der Waals surface area contributed by atoms with E-state index in [4.69, 9.17) is 0 Å². The van der Waals surface area contributed by atoms with Crippen molar-refractivity contribution in [2.45, 2.75) is 32.6 Å². The van der Waals surface area contributed by atoms with Crippen molar-refractivity contribution >= 4 is 24.0 Å². The number of nitrogens with zero attached hydrogens (tertiary/aromatic N) is 1. The van der Waals surface area contributed by atoms with Gasteiger partial charge >= 0.3 is 0 Å². The number of carbonyl (C=O) groups excluding carboxylic acids is 1. The minimum Gasteiger partial charge on any atom is -0.325 e. The molecule has 0 radical (unpaired) electrons. The van der Waals surface area contributed by atoms with Crippen molar-refractivity contribution in [2.24, 2.45) is 5.92 Å². The minimum absolute atomic E-state index is 0. The van der Waals surface area contributed by atoms with Gasteiger partial charge in [0.1, 0.15) is 0 Å². The second kappa shape index (κ2) is 9.91. The van der Waals surface area contributed by atoms with Gasteiger partial charge < -0.3 is 10.6 Å². The van der Waals surface area contributed by atoms with Gasteiger partial charge in [-0.3, -0.25) is 9.69 Å². The van der Waals surface area contributed by atoms with E-state index in [0.717, 1.165) is 31.2 Å². The van der Waals surface area contributed by atoms with Crippen LogP contribution in [0, 0.1) is 5.92 Å². The average molecular weight is 340 g/mol. The van der Waals surface area contributed by atoms with Gasteiger partial charge in [0, 0.05) is 5.69 Å². The molecule has 2 N–H and O–H groups in total. The summed E-state index contributed by atoms with van der Waals surface area (Å²) in [7, 11) is 2.01. The minimum atomic E-state index is 0. The first kappa shape index (κ1) is 19.9. The maximum Gasteiger partial charge on any atom is 0.238 e. The summed E-state index contributed by atoms with van der Waals surface area (Å²) in [6.07, 6.45) is 2.35. The topological polar surface area (TPSA) is 44.4 Å². The van der Waals surface area contributed by atoms with Crippen LogP contribution in [0.1, 0.15) is 38.2 Å². The summed E-state index contributed by atoms with van der Waals surface area (Å²) in [6, 6.07) is 8.08. The lowest BCUT2D eigenvalue weighted by Gasteiger charge is -2.31. The van der Waals surface area contributed by atoms with Crippen LogP contribution < -0.4 is 10.6 Å². The lowest BCUT2D eigenvalue weighted by Crippen LogP contribution is -2.41. The number of hydrogen-bond acceptors (Lipinski definition) is 3. The Morgan fingerprint density at radius 3 is 2.52 bits per heavy atom. The van der Waals surface area contributed by atoms with Crippen molar-refractivity contribution in [3.8, 4) is 0 Å². The van der Waals surface area contributed by atoms with Crippen LogP contribution >= 0.6 is 12.4 Å². The van der Waals surface area contributed by atoms with Gasteiger partial charge in [0.05, 0.1) is 6.54 Å². The number of benzene rings is 1. The fourth-order valence-electron chi connectivity index (χ4n) is 3.14. The monoisotopic (exact) mass is 339 g/mol. The molecular formula is C18H30ClN3O. The van der Waals surface area contributed by atoms with E-state index >= 15 is 0 Å². The van der Waals surface area contributed by atoms with E-state index in [0.29, 0.717) is 12.5 Å². The van der Waals surface area contributed by atoms with E-state index < -0.39 is 0 Å². The molecule has 2 rings (SSSR count). The Morgan fingerprint density at radius 1 is 1.26 bits per heavy atom. The van der Waals surface area contributed by atoms with Crippen LogP contribution in [0.5, 0.6) is 0 Å². The Hall–Kier alpha value is -1.10. The highest BCUT2D eigenvalue weighted by Gasteiger charge is 2.20. The number of rotatable bonds is 6. The Labute approximate surface area is 146 Å². The molecule has 1 aromatic rings. The molecule has 1 heterocycles. The Morgan fingerprint density at radius 2 is 1.91 bits per heavy atom. The number of anilines is 1. The normalized spacial score (nSPS) is 16.2. The molecule has 0 atom stereocenters. The standard InChI is InChI=1S/C18H29N3O.ClH/c1-14(2)16-6-4-5-7-17(16)20-18(22)13-21-10-8-15(9-11-21)12-19-3;/h4-7,14-15,19H,8-13H2,1-3H3,(H,20,22);1H. The predicted octanol–water partition coefficient (Wildman–Crippen LogP) is 3.10. The SMILES string of the molecule is CNCC1CCN(CC(=O)Nc2ccccc2C(C)C)CC1.Cl. The average Bonchev–Trinajstić information content (AvgIpc) is 2.50. The molecule has 1 aromatic carbocycles. The molecule has 0 unspecified atom stereocenters. The van der Waals surface area contributed by atoms with Crippen LogP contribution in [0.3, 0.4) is 0 Å². The highest BCUT2D eigenvalue weighted by Crippen LogP contribution is 2.23. The van der Waals surface area contributed by atoms with Crippen LogP contribution in [0.4, 0.5) is 5.69 Å². The highest BCUT2D eigenvalue weighted by atomic mass is 35.5. The maximum atomic E-state index is 12.3. The van der Waals surface area contributed by atoms with Gasteiger partial charge in [-0.25, -0.2) is 0 Å². The maximum absolute atomic E-state index is 12.3. The molecule has 1 amide bonds. The van der Waals surface area contributed by atoms with Gasteiger partial charge in [-0.1, -0.05) is 32.0 Å². The zero-order valence-corrected chi connectivity index (χ0v) is 15.3. The van der Waals surface area contributed by atoms with Crippen LogP contribution in [-0.2, 0) is 4.79 Å². The summed E-state index contributed by atoms with van der Waals surface area (Å²) in [5.74, 6) is 1.26. The fraction of sp³-hybridized carbons (Fsp3) is 0.611. The zero-order chi connectivity index (χ0) is 15.9. The molecule has 0 aromatic heterocycles. The van der Waals surface area contributed by atoms with Crippen molar-refractivity contribution < 1.29 is 4.79 Å². The second-order valence-electron chi connectivity index (χ2n) is 6.57. The van der Waals surface area contributed by atoms with E-state index in [1.807, 2.05) is 25.2 Å². The van der Waals surface area contributed by atoms with Gasteiger partial charge in [0.25, 0.3) is 0 Å². The van der Waals surface area contributed by atoms with E-state index in [1.165, 1.54) is 18.4 Å². The molecule has 130 valence electrons. The molecule has 1 saturated heterocycles. The largest absolute Gasteiger partial charge is 0.325 e. The Bertz CT molecular complexity index is 485. The van der Waals surface area contributed by atoms with Gasteiger partial charge in [0.15, 0.2) is 0 Å². The van der Waals surface area contributed by atoms with Crippen molar-refractivity contribution in [3.05, 3.63) is 29.8 Å². The van der Waals surface area contributed by atoms with E-state index in [9.17, 15) is 4.79 Å². The van der Waals surface area contributed by atoms with Crippen LogP contribution in [0.2, 0.25) is 0 Å². The van der Waals surface area contributed by atoms with Crippen LogP contribution in [0.15, 0.2) is 24.3 Å². The first-order valence-electron chi connectivity index (χ1n) is 8.36. The molecule has 1 fully saturated rings. The lowest BCUT2D eigenvalue weighted by atomic mass is 9.97. The van der Waals surface area contributed by atoms with Crippen molar-refractivity contribution in [2.75, 3.05) is 38.5 Å². The summed E-state index contributed by atoms with van der Waals surface area (Å²) in [4.78, 5) is 14.6. The third-order valence-corrected chi connectivity index (χ3v) is 4.42. The summed E-state index contributed by atoms with van der Waals surface area (Å²) in [6.45, 7) is 7.92. The second-order valence-corrected chi connectivity index (χ2v) is 6.57. The van der Waals surface area contributed by atoms with Gasteiger partial charge in [-0.15, -0.1) is 12.4 Å². The van der Waals surface area contributed by atoms with Gasteiger partial charge in [-0.2, -0.15) is 0 Å². The quantitative estimate of drug-likeness (QED) is 0.837. The molecular weight excluding hydrogens is 310 g/mol. The van der Waals surface area contributed by atoms with Gasteiger partial charge in [-0.05, 0) is 63.0 Å². The van der Waals surface area contributed by atoms with Crippen molar-refractivity contribution in [1.82, 2.24) is 10.2 Å². The number of halogens is 1. The smallest absolute Gasteiger partial charge is 0.238 e. The Kier molecular flexibility index (Phi) is 8.59. The van der Waals surface area contributed by atoms with Crippen molar-refractivity contribution in [1.29, 1.82) is 0 Å². The summed E-state index contributed by atoms with van der Waals surface area (Å²) < 4.78 is 0. The van der Waals surface area contributed by atoms with E-state index in [1.54, 1.807) is 0 Å². The first-order chi connectivity index (χ1) is 10.6. The number of piperidine rings is 1. The fourth-order valence-corrected chi connectivity index (χ4v) is 3.14. The number of likely N-dealkylation sites (tertiary alicyclic amines) is 1. The summed E-state index contributed by atoms with van der Waals surface area (Å²) in [5, 5.41) is 6.33. The highest BCUT2D eigenvalue weighted by molar-refractivity contribution is 5.93. The summed E-state index contributed by atoms with van der Waals surface area (Å²) in [5.41, 5.74) is 2.15. The number of amides is 1. The molecule has 0 bridgehead atoms. The molecule has 0 spiro atoms. The number of hydrogen-bond donors (Lipinski definition) is 2. The van der Waals surface area contributed by atoms with Gasteiger partial charge in [0.2, 0.25) is 5.91 Å². The molecule has 0 aliphatic carbocycles. The Balaban J connectivity index is 0.00000264. The number of nitrogens with one attached hydrogen (secondary N) is 2. The van der Waals surface area contributed by atoms with Crippen molar-refractivity contribution in [3.63, 3.8) is 0 Å². The number of para-hydroxylation sites is 1. The van der Waals surface area contributed by atoms with Crippen LogP contribution in [-0.4, -0.2) is 44.0 Å². The number of carbonyl (C=O) groups is 1. The third-order valence-electron chi connectivity index (χ3n) is 4.42. The molecule has 1 aliphatic heterocycles. The van der Waals surface area contributed by atoms with E-state index in [-0.39, 0.29) is 18.3 Å². The first-order valence-corrected chi connectivity index (χ1v) is 8.36. The molecule has 5 heteroatoms.